The van der Waals surface area contributed by atoms with Crippen LogP contribution < -0.4 is 0 Å². The average Bonchev–Trinajstić information content (AvgIpc) is 2.34. The highest BCUT2D eigenvalue weighted by Gasteiger charge is 2.53. The fourth-order valence-electron chi connectivity index (χ4n) is 3.35. The number of carbonyl (C=O) groups is 1. The van der Waals surface area contributed by atoms with Crippen LogP contribution in [0.15, 0.2) is 11.3 Å². The van der Waals surface area contributed by atoms with E-state index in [9.17, 15) is 4.79 Å². The van der Waals surface area contributed by atoms with Crippen molar-refractivity contribution in [2.24, 2.45) is 16.7 Å². The molecule has 3 rings (SSSR count). The monoisotopic (exact) mass is 294 g/mol. The van der Waals surface area contributed by atoms with Crippen molar-refractivity contribution in [1.29, 1.82) is 0 Å². The lowest BCUT2D eigenvalue weighted by atomic mass is 9.73. The van der Waals surface area contributed by atoms with Crippen LogP contribution in [0, 0.1) is 16.7 Å². The quantitative estimate of drug-likeness (QED) is 0.687. The summed E-state index contributed by atoms with van der Waals surface area (Å²) in [6, 6.07) is 0. The van der Waals surface area contributed by atoms with E-state index >= 15 is 0 Å². The molecular weight excluding hydrogens is 268 g/mol. The third-order valence-electron chi connectivity index (χ3n) is 4.66. The highest BCUT2D eigenvalue weighted by molar-refractivity contribution is 5.97. The number of hydrogen-bond donors (Lipinski definition) is 0. The van der Waals surface area contributed by atoms with E-state index in [0.717, 1.165) is 17.8 Å². The lowest BCUT2D eigenvalue weighted by molar-refractivity contribution is -0.430. The lowest BCUT2D eigenvalue weighted by Gasteiger charge is -2.49. The summed E-state index contributed by atoms with van der Waals surface area (Å²) in [5.74, 6) is 0.0351. The molecule has 1 atom stereocenters. The van der Waals surface area contributed by atoms with Crippen molar-refractivity contribution in [2.45, 2.75) is 59.9 Å². The number of carbonyl (C=O) groups excluding carboxylic acids is 1. The number of ketones is 1. The first-order valence-electron chi connectivity index (χ1n) is 7.85. The van der Waals surface area contributed by atoms with E-state index in [0.29, 0.717) is 26.1 Å². The largest absolute Gasteiger partial charge is 0.443 e. The molecule has 0 N–H and O–H groups in total. The maximum absolute atomic E-state index is 12.3. The molecule has 1 unspecified atom stereocenters. The number of ether oxygens (including phenoxy) is 3. The van der Waals surface area contributed by atoms with Crippen LogP contribution in [0.1, 0.15) is 53.9 Å². The van der Waals surface area contributed by atoms with Crippen molar-refractivity contribution < 1.29 is 19.0 Å². The Hall–Kier alpha value is -0.870. The molecule has 0 saturated carbocycles. The van der Waals surface area contributed by atoms with Gasteiger partial charge in [0.15, 0.2) is 5.78 Å². The topological polar surface area (TPSA) is 44.8 Å². The van der Waals surface area contributed by atoms with Crippen molar-refractivity contribution in [2.75, 3.05) is 13.2 Å². The minimum atomic E-state index is -0.998. The predicted octanol–water partition coefficient (Wildman–Crippen LogP) is 3.41. The Morgan fingerprint density at radius 2 is 1.62 bits per heavy atom. The summed E-state index contributed by atoms with van der Waals surface area (Å²) in [5, 5.41) is 0. The molecule has 0 aromatic heterocycles. The first kappa shape index (κ1) is 15.0. The summed E-state index contributed by atoms with van der Waals surface area (Å²) in [4.78, 5) is 12.3. The van der Waals surface area contributed by atoms with E-state index in [4.69, 9.17) is 14.2 Å². The molecule has 2 aliphatic heterocycles. The molecule has 3 aliphatic rings. The summed E-state index contributed by atoms with van der Waals surface area (Å²) in [5.41, 5.74) is 0.806. The standard InChI is InChI=1S/C17H26O4/c1-11-6-12-13(18)7-15(2,3)8-14(12)21-17(11)19-9-16(4,5)10-20-17/h11H,6-10H2,1-5H3. The Kier molecular flexibility index (Phi) is 3.27. The summed E-state index contributed by atoms with van der Waals surface area (Å²) < 4.78 is 18.1. The van der Waals surface area contributed by atoms with Crippen molar-refractivity contribution in [3.63, 3.8) is 0 Å². The molecule has 2 heterocycles. The van der Waals surface area contributed by atoms with E-state index < -0.39 is 5.97 Å². The maximum Gasteiger partial charge on any atom is 0.329 e. The zero-order chi connectivity index (χ0) is 15.5. The molecule has 21 heavy (non-hydrogen) atoms. The van der Waals surface area contributed by atoms with Gasteiger partial charge in [-0.1, -0.05) is 34.6 Å². The third-order valence-corrected chi connectivity index (χ3v) is 4.66. The van der Waals surface area contributed by atoms with Crippen molar-refractivity contribution in [3.05, 3.63) is 11.3 Å². The van der Waals surface area contributed by atoms with Crippen molar-refractivity contribution in [3.8, 4) is 0 Å². The SMILES string of the molecule is CC1CC2=C(CC(C)(C)CC2=O)OC12OCC(C)(C)CO2. The number of allylic oxidation sites excluding steroid dienone is 2. The van der Waals surface area contributed by atoms with E-state index in [1.807, 2.05) is 6.92 Å². The van der Waals surface area contributed by atoms with Gasteiger partial charge in [0.2, 0.25) is 0 Å². The van der Waals surface area contributed by atoms with E-state index in [-0.39, 0.29) is 22.5 Å². The van der Waals surface area contributed by atoms with Gasteiger partial charge in [-0.3, -0.25) is 4.79 Å². The Bertz CT molecular complexity index is 491. The smallest absolute Gasteiger partial charge is 0.329 e. The van der Waals surface area contributed by atoms with Crippen LogP contribution in [0.4, 0.5) is 0 Å². The molecule has 1 fully saturated rings. The minimum absolute atomic E-state index is 0.00461. The molecule has 0 aromatic carbocycles. The average molecular weight is 294 g/mol. The van der Waals surface area contributed by atoms with Crippen LogP contribution in [0.5, 0.6) is 0 Å². The fraction of sp³-hybridized carbons (Fsp3) is 0.824. The van der Waals surface area contributed by atoms with Crippen molar-refractivity contribution >= 4 is 5.78 Å². The molecule has 0 aromatic rings. The second kappa shape index (κ2) is 4.56. The highest BCUT2D eigenvalue weighted by Crippen LogP contribution is 2.48. The molecule has 1 saturated heterocycles. The Labute approximate surface area is 126 Å². The molecule has 118 valence electrons. The predicted molar refractivity (Wildman–Crippen MR) is 78.3 cm³/mol. The van der Waals surface area contributed by atoms with Crippen LogP contribution >= 0.6 is 0 Å². The van der Waals surface area contributed by atoms with Gasteiger partial charge in [0, 0.05) is 23.8 Å². The zero-order valence-electron chi connectivity index (χ0n) is 13.7. The Balaban J connectivity index is 1.87. The van der Waals surface area contributed by atoms with Gasteiger partial charge in [-0.05, 0) is 11.8 Å². The first-order chi connectivity index (χ1) is 9.63. The fourth-order valence-corrected chi connectivity index (χ4v) is 3.35. The molecule has 0 radical (unpaired) electrons. The molecule has 4 nitrogen and oxygen atoms in total. The number of hydrogen-bond acceptors (Lipinski definition) is 4. The van der Waals surface area contributed by atoms with Gasteiger partial charge >= 0.3 is 5.97 Å². The molecular formula is C17H26O4. The van der Waals surface area contributed by atoms with Crippen LogP contribution in [0.2, 0.25) is 0 Å². The summed E-state index contributed by atoms with van der Waals surface area (Å²) in [6.07, 6.45) is 2.06. The molecule has 1 aliphatic carbocycles. The van der Waals surface area contributed by atoms with Gasteiger partial charge in [0.1, 0.15) is 5.76 Å². The number of rotatable bonds is 0. The molecule has 0 amide bonds. The Morgan fingerprint density at radius 3 is 2.24 bits per heavy atom. The lowest BCUT2D eigenvalue weighted by Crippen LogP contribution is -2.55. The van der Waals surface area contributed by atoms with E-state index in [1.54, 1.807) is 0 Å². The van der Waals surface area contributed by atoms with Crippen LogP contribution in [0.3, 0.4) is 0 Å². The van der Waals surface area contributed by atoms with Gasteiger partial charge in [-0.2, -0.15) is 0 Å². The maximum atomic E-state index is 12.3. The van der Waals surface area contributed by atoms with Crippen LogP contribution in [-0.4, -0.2) is 25.0 Å². The van der Waals surface area contributed by atoms with E-state index in [2.05, 4.69) is 27.7 Å². The second-order valence-corrected chi connectivity index (χ2v) is 8.40. The Morgan fingerprint density at radius 1 is 1.00 bits per heavy atom. The van der Waals surface area contributed by atoms with Gasteiger partial charge in [-0.15, -0.1) is 0 Å². The van der Waals surface area contributed by atoms with Gasteiger partial charge in [0.25, 0.3) is 0 Å². The first-order valence-corrected chi connectivity index (χ1v) is 7.85. The second-order valence-electron chi connectivity index (χ2n) is 8.40. The van der Waals surface area contributed by atoms with Gasteiger partial charge in [-0.25, -0.2) is 0 Å². The molecule has 1 spiro atoms. The minimum Gasteiger partial charge on any atom is -0.443 e. The van der Waals surface area contributed by atoms with Gasteiger partial charge < -0.3 is 14.2 Å². The molecule has 0 bridgehead atoms. The van der Waals surface area contributed by atoms with Crippen LogP contribution in [0.25, 0.3) is 0 Å². The molecule has 4 heteroatoms. The normalized spacial score (nSPS) is 33.6. The highest BCUT2D eigenvalue weighted by atomic mass is 16.9. The van der Waals surface area contributed by atoms with Crippen molar-refractivity contribution in [1.82, 2.24) is 0 Å². The summed E-state index contributed by atoms with van der Waals surface area (Å²) in [7, 11) is 0. The number of Topliss-reactive ketones (excluding diaryl/α,β-unsaturated/α-hetero) is 1. The van der Waals surface area contributed by atoms with Gasteiger partial charge in [0.05, 0.1) is 19.1 Å². The van der Waals surface area contributed by atoms with E-state index in [1.165, 1.54) is 0 Å². The third kappa shape index (κ3) is 2.64. The van der Waals surface area contributed by atoms with Crippen LogP contribution in [-0.2, 0) is 19.0 Å². The zero-order valence-corrected chi connectivity index (χ0v) is 13.7. The summed E-state index contributed by atoms with van der Waals surface area (Å²) >= 11 is 0. The summed E-state index contributed by atoms with van der Waals surface area (Å²) in [6.45, 7) is 11.7.